The van der Waals surface area contributed by atoms with E-state index in [0.717, 1.165) is 22.2 Å². The van der Waals surface area contributed by atoms with Crippen LogP contribution in [0.4, 0.5) is 0 Å². The van der Waals surface area contributed by atoms with Gasteiger partial charge in [0.25, 0.3) is 5.91 Å². The third kappa shape index (κ3) is 5.79. The van der Waals surface area contributed by atoms with E-state index < -0.39 is 5.97 Å². The molecule has 1 N–H and O–H groups in total. The van der Waals surface area contributed by atoms with Crippen LogP contribution in [0.1, 0.15) is 17.7 Å². The van der Waals surface area contributed by atoms with Crippen LogP contribution in [0.3, 0.4) is 0 Å². The Morgan fingerprint density at radius 2 is 1.89 bits per heavy atom. The van der Waals surface area contributed by atoms with Gasteiger partial charge in [0.1, 0.15) is 0 Å². The minimum atomic E-state index is -0.428. The molecule has 3 rings (SSSR count). The number of rotatable bonds is 7. The standard InChI is InChI=1S/C21H19ClN2O3/c22-17-6-3-4-15(12-17)13-23-20(25)14-27-21(26)11-10-18-9-8-16-5-1-2-7-19(16)24-18/h1-9,12H,10-11,13-14H2,(H,23,25). The molecule has 6 heteroatoms. The van der Waals surface area contributed by atoms with Gasteiger partial charge in [-0.2, -0.15) is 0 Å². The highest BCUT2D eigenvalue weighted by Crippen LogP contribution is 2.13. The molecule has 27 heavy (non-hydrogen) atoms. The van der Waals surface area contributed by atoms with Gasteiger partial charge in [0.05, 0.1) is 11.9 Å². The Bertz CT molecular complexity index is 959. The van der Waals surface area contributed by atoms with Crippen molar-refractivity contribution in [3.05, 3.63) is 76.9 Å². The summed E-state index contributed by atoms with van der Waals surface area (Å²) in [5.41, 5.74) is 2.59. The maximum absolute atomic E-state index is 11.9. The van der Waals surface area contributed by atoms with Crippen molar-refractivity contribution in [3.63, 3.8) is 0 Å². The summed E-state index contributed by atoms with van der Waals surface area (Å²) < 4.78 is 5.02. The zero-order valence-corrected chi connectivity index (χ0v) is 15.4. The average molecular weight is 383 g/mol. The van der Waals surface area contributed by atoms with Gasteiger partial charge in [-0.1, -0.05) is 48.0 Å². The number of aromatic nitrogens is 1. The van der Waals surface area contributed by atoms with Crippen molar-refractivity contribution in [3.8, 4) is 0 Å². The normalized spacial score (nSPS) is 10.6. The molecule has 1 heterocycles. The lowest BCUT2D eigenvalue weighted by atomic mass is 10.1. The van der Waals surface area contributed by atoms with Gasteiger partial charge in [0.2, 0.25) is 0 Å². The van der Waals surface area contributed by atoms with Crippen molar-refractivity contribution in [1.29, 1.82) is 0 Å². The van der Waals surface area contributed by atoms with Crippen LogP contribution in [0, 0.1) is 0 Å². The number of pyridine rings is 1. The van der Waals surface area contributed by atoms with Gasteiger partial charge in [-0.3, -0.25) is 14.6 Å². The number of esters is 1. The first-order valence-corrected chi connectivity index (χ1v) is 8.99. The molecular weight excluding hydrogens is 364 g/mol. The molecule has 0 aliphatic carbocycles. The molecule has 138 valence electrons. The molecule has 0 atom stereocenters. The zero-order chi connectivity index (χ0) is 19.1. The summed E-state index contributed by atoms with van der Waals surface area (Å²) in [7, 11) is 0. The van der Waals surface area contributed by atoms with Crippen molar-refractivity contribution >= 4 is 34.4 Å². The number of nitrogens with one attached hydrogen (secondary N) is 1. The Balaban J connectivity index is 1.40. The van der Waals surface area contributed by atoms with Crippen LogP contribution in [0.15, 0.2) is 60.7 Å². The molecular formula is C21H19ClN2O3. The van der Waals surface area contributed by atoms with E-state index in [1.807, 2.05) is 48.5 Å². The lowest BCUT2D eigenvalue weighted by molar-refractivity contribution is -0.148. The smallest absolute Gasteiger partial charge is 0.306 e. The third-order valence-corrected chi connectivity index (χ3v) is 4.22. The molecule has 2 aromatic carbocycles. The number of ether oxygens (including phenoxy) is 1. The number of halogens is 1. The van der Waals surface area contributed by atoms with Gasteiger partial charge in [0.15, 0.2) is 6.61 Å². The first kappa shape index (κ1) is 18.9. The topological polar surface area (TPSA) is 68.3 Å². The molecule has 5 nitrogen and oxygen atoms in total. The molecule has 0 radical (unpaired) electrons. The Kier molecular flexibility index (Phi) is 6.39. The summed E-state index contributed by atoms with van der Waals surface area (Å²) >= 11 is 5.89. The molecule has 0 aliphatic heterocycles. The van der Waals surface area contributed by atoms with Crippen molar-refractivity contribution < 1.29 is 14.3 Å². The SMILES string of the molecule is O=C(COC(=O)CCc1ccc2ccccc2n1)NCc1cccc(Cl)c1. The molecule has 0 spiro atoms. The largest absolute Gasteiger partial charge is 0.456 e. The van der Waals surface area contributed by atoms with Crippen LogP contribution in [-0.2, 0) is 27.3 Å². The molecule has 0 aliphatic rings. The van der Waals surface area contributed by atoms with Crippen LogP contribution in [-0.4, -0.2) is 23.5 Å². The Labute approximate surface area is 162 Å². The summed E-state index contributed by atoms with van der Waals surface area (Å²) in [5.74, 6) is -0.782. The van der Waals surface area contributed by atoms with E-state index in [-0.39, 0.29) is 18.9 Å². The van der Waals surface area contributed by atoms with Gasteiger partial charge in [-0.05, 0) is 29.8 Å². The highest BCUT2D eigenvalue weighted by atomic mass is 35.5. The highest BCUT2D eigenvalue weighted by Gasteiger charge is 2.09. The number of benzene rings is 2. The first-order chi connectivity index (χ1) is 13.1. The fraction of sp³-hybridized carbons (Fsp3) is 0.190. The van der Waals surface area contributed by atoms with Gasteiger partial charge < -0.3 is 10.1 Å². The fourth-order valence-corrected chi connectivity index (χ4v) is 2.81. The summed E-state index contributed by atoms with van der Waals surface area (Å²) in [6.07, 6.45) is 0.640. The number of para-hydroxylation sites is 1. The van der Waals surface area contributed by atoms with Crippen LogP contribution < -0.4 is 5.32 Å². The van der Waals surface area contributed by atoms with Crippen molar-refractivity contribution in [2.45, 2.75) is 19.4 Å². The van der Waals surface area contributed by atoms with Crippen LogP contribution in [0.5, 0.6) is 0 Å². The van der Waals surface area contributed by atoms with Gasteiger partial charge in [-0.15, -0.1) is 0 Å². The molecule has 0 unspecified atom stereocenters. The average Bonchev–Trinajstić information content (AvgIpc) is 2.69. The lowest BCUT2D eigenvalue weighted by Crippen LogP contribution is -2.28. The van der Waals surface area contributed by atoms with Gasteiger partial charge in [0, 0.05) is 29.1 Å². The predicted molar refractivity (Wildman–Crippen MR) is 104 cm³/mol. The minimum Gasteiger partial charge on any atom is -0.456 e. The highest BCUT2D eigenvalue weighted by molar-refractivity contribution is 6.30. The number of fused-ring (bicyclic) bond motifs is 1. The van der Waals surface area contributed by atoms with E-state index in [0.29, 0.717) is 18.0 Å². The Hall–Kier alpha value is -2.92. The van der Waals surface area contributed by atoms with Crippen LogP contribution >= 0.6 is 11.6 Å². The van der Waals surface area contributed by atoms with E-state index in [2.05, 4.69) is 10.3 Å². The van der Waals surface area contributed by atoms with E-state index in [1.54, 1.807) is 12.1 Å². The Morgan fingerprint density at radius 3 is 2.74 bits per heavy atom. The first-order valence-electron chi connectivity index (χ1n) is 8.61. The number of amides is 1. The van der Waals surface area contributed by atoms with E-state index >= 15 is 0 Å². The molecule has 0 saturated heterocycles. The minimum absolute atomic E-state index is 0.174. The maximum Gasteiger partial charge on any atom is 0.306 e. The fourth-order valence-electron chi connectivity index (χ4n) is 2.59. The monoisotopic (exact) mass is 382 g/mol. The summed E-state index contributed by atoms with van der Waals surface area (Å²) in [6.45, 7) is 0.0303. The van der Waals surface area contributed by atoms with Crippen molar-refractivity contribution in [1.82, 2.24) is 10.3 Å². The van der Waals surface area contributed by atoms with Crippen molar-refractivity contribution in [2.24, 2.45) is 0 Å². The second kappa shape index (κ2) is 9.14. The predicted octanol–water partition coefficient (Wildman–Crippen LogP) is 3.68. The van der Waals surface area contributed by atoms with Crippen LogP contribution in [0.25, 0.3) is 10.9 Å². The lowest BCUT2D eigenvalue weighted by Gasteiger charge is -2.07. The summed E-state index contributed by atoms with van der Waals surface area (Å²) in [5, 5.41) is 4.35. The van der Waals surface area contributed by atoms with E-state index in [4.69, 9.17) is 16.3 Å². The summed E-state index contributed by atoms with van der Waals surface area (Å²) in [6, 6.07) is 18.9. The molecule has 1 aromatic heterocycles. The quantitative estimate of drug-likeness (QED) is 0.633. The number of aryl methyl sites for hydroxylation is 1. The molecule has 0 bridgehead atoms. The second-order valence-electron chi connectivity index (χ2n) is 6.06. The Morgan fingerprint density at radius 1 is 1.04 bits per heavy atom. The van der Waals surface area contributed by atoms with E-state index in [1.165, 1.54) is 0 Å². The second-order valence-corrected chi connectivity index (χ2v) is 6.50. The number of nitrogens with zero attached hydrogens (tertiary/aromatic N) is 1. The number of carbonyl (C=O) groups excluding carboxylic acids is 2. The number of hydrogen-bond acceptors (Lipinski definition) is 4. The summed E-state index contributed by atoms with van der Waals surface area (Å²) in [4.78, 5) is 28.2. The number of carbonyl (C=O) groups is 2. The molecule has 3 aromatic rings. The third-order valence-electron chi connectivity index (χ3n) is 3.98. The molecule has 1 amide bonds. The van der Waals surface area contributed by atoms with E-state index in [9.17, 15) is 9.59 Å². The maximum atomic E-state index is 11.9. The van der Waals surface area contributed by atoms with Crippen LogP contribution in [0.2, 0.25) is 5.02 Å². The molecule has 0 saturated carbocycles. The van der Waals surface area contributed by atoms with Gasteiger partial charge in [-0.25, -0.2) is 0 Å². The zero-order valence-electron chi connectivity index (χ0n) is 14.7. The van der Waals surface area contributed by atoms with Crippen molar-refractivity contribution in [2.75, 3.05) is 6.61 Å². The molecule has 0 fully saturated rings. The van der Waals surface area contributed by atoms with Gasteiger partial charge >= 0.3 is 5.97 Å². The number of hydrogen-bond donors (Lipinski definition) is 1.